The Labute approximate surface area is 140 Å². The predicted octanol–water partition coefficient (Wildman–Crippen LogP) is 2.78. The van der Waals surface area contributed by atoms with Crippen LogP contribution in [-0.4, -0.2) is 30.7 Å². The normalized spacial score (nSPS) is 11.5. The van der Waals surface area contributed by atoms with Gasteiger partial charge in [0.1, 0.15) is 0 Å². The zero-order chi connectivity index (χ0) is 17.3. The topological polar surface area (TPSA) is 77.6 Å². The molecule has 1 N–H and O–H groups in total. The molecule has 0 radical (unpaired) electrons. The van der Waals surface area contributed by atoms with Gasteiger partial charge in [0.25, 0.3) is 5.91 Å². The van der Waals surface area contributed by atoms with Crippen LogP contribution in [0, 0.1) is 6.92 Å². The minimum absolute atomic E-state index is 0.141. The average Bonchev–Trinajstić information content (AvgIpc) is 3.16. The highest BCUT2D eigenvalue weighted by molar-refractivity contribution is 6.02. The molecule has 0 aliphatic rings. The van der Waals surface area contributed by atoms with Crippen LogP contribution in [-0.2, 0) is 5.54 Å². The summed E-state index contributed by atoms with van der Waals surface area (Å²) in [5, 5.41) is 15.0. The fourth-order valence-electron chi connectivity index (χ4n) is 2.14. The van der Waals surface area contributed by atoms with Crippen molar-refractivity contribution in [2.24, 2.45) is 0 Å². The molecule has 0 bridgehead atoms. The lowest BCUT2D eigenvalue weighted by molar-refractivity contribution is 0.102. The molecule has 0 saturated carbocycles. The summed E-state index contributed by atoms with van der Waals surface area (Å²) in [6.07, 6.45) is 5.02. The SMILES string of the molecule is Cc1ccc(-n2cc(C(=O)Nc3cnn(C(C)(C)C)c3)nn2)cc1. The van der Waals surface area contributed by atoms with Crippen molar-refractivity contribution in [2.75, 3.05) is 5.32 Å². The molecule has 0 atom stereocenters. The first kappa shape index (κ1) is 15.9. The summed E-state index contributed by atoms with van der Waals surface area (Å²) < 4.78 is 3.37. The van der Waals surface area contributed by atoms with Crippen molar-refractivity contribution >= 4 is 11.6 Å². The molecule has 1 amide bonds. The maximum Gasteiger partial charge on any atom is 0.277 e. The fraction of sp³-hybridized carbons (Fsp3) is 0.294. The molecule has 24 heavy (non-hydrogen) atoms. The fourth-order valence-corrected chi connectivity index (χ4v) is 2.14. The van der Waals surface area contributed by atoms with E-state index in [4.69, 9.17) is 0 Å². The van der Waals surface area contributed by atoms with Gasteiger partial charge in [-0.2, -0.15) is 5.10 Å². The van der Waals surface area contributed by atoms with Gasteiger partial charge in [-0.15, -0.1) is 5.10 Å². The Kier molecular flexibility index (Phi) is 3.92. The zero-order valence-electron chi connectivity index (χ0n) is 14.2. The van der Waals surface area contributed by atoms with Crippen molar-refractivity contribution in [2.45, 2.75) is 33.2 Å². The quantitative estimate of drug-likeness (QED) is 0.803. The number of nitrogens with one attached hydrogen (secondary N) is 1. The lowest BCUT2D eigenvalue weighted by atomic mass is 10.1. The van der Waals surface area contributed by atoms with Crippen molar-refractivity contribution < 1.29 is 4.79 Å². The van der Waals surface area contributed by atoms with E-state index < -0.39 is 0 Å². The lowest BCUT2D eigenvalue weighted by Crippen LogP contribution is -2.22. The number of carbonyl (C=O) groups excluding carboxylic acids is 1. The number of aromatic nitrogens is 5. The van der Waals surface area contributed by atoms with Crippen LogP contribution < -0.4 is 5.32 Å². The molecule has 0 fully saturated rings. The Morgan fingerprint density at radius 2 is 1.83 bits per heavy atom. The van der Waals surface area contributed by atoms with Crippen molar-refractivity contribution in [1.82, 2.24) is 24.8 Å². The van der Waals surface area contributed by atoms with Crippen molar-refractivity contribution in [3.8, 4) is 5.69 Å². The van der Waals surface area contributed by atoms with E-state index in [1.165, 1.54) is 0 Å². The van der Waals surface area contributed by atoms with Gasteiger partial charge in [0.15, 0.2) is 5.69 Å². The Morgan fingerprint density at radius 3 is 2.46 bits per heavy atom. The second kappa shape index (κ2) is 5.92. The van der Waals surface area contributed by atoms with E-state index in [-0.39, 0.29) is 17.1 Å². The van der Waals surface area contributed by atoms with Gasteiger partial charge in [-0.1, -0.05) is 22.9 Å². The molecule has 7 nitrogen and oxygen atoms in total. The highest BCUT2D eigenvalue weighted by Gasteiger charge is 2.16. The summed E-state index contributed by atoms with van der Waals surface area (Å²) in [6, 6.07) is 7.83. The molecule has 0 aliphatic heterocycles. The van der Waals surface area contributed by atoms with E-state index in [0.717, 1.165) is 11.3 Å². The molecule has 0 aliphatic carbocycles. The minimum atomic E-state index is -0.318. The molecule has 124 valence electrons. The number of hydrogen-bond acceptors (Lipinski definition) is 4. The molecule has 0 unspecified atom stereocenters. The number of benzene rings is 1. The summed E-state index contributed by atoms with van der Waals surface area (Å²) in [5.74, 6) is -0.318. The molecular weight excluding hydrogens is 304 g/mol. The van der Waals surface area contributed by atoms with Crippen LogP contribution in [0.5, 0.6) is 0 Å². The van der Waals surface area contributed by atoms with Crippen LogP contribution in [0.1, 0.15) is 36.8 Å². The predicted molar refractivity (Wildman–Crippen MR) is 91.3 cm³/mol. The van der Waals surface area contributed by atoms with Crippen LogP contribution in [0.15, 0.2) is 42.9 Å². The van der Waals surface area contributed by atoms with Crippen LogP contribution >= 0.6 is 0 Å². The summed E-state index contributed by atoms with van der Waals surface area (Å²) in [4.78, 5) is 12.3. The molecule has 1 aromatic carbocycles. The highest BCUT2D eigenvalue weighted by atomic mass is 16.2. The lowest BCUT2D eigenvalue weighted by Gasteiger charge is -2.18. The molecule has 7 heteroatoms. The van der Waals surface area contributed by atoms with Crippen LogP contribution in [0.2, 0.25) is 0 Å². The van der Waals surface area contributed by atoms with Crippen molar-refractivity contribution in [1.29, 1.82) is 0 Å². The average molecular weight is 324 g/mol. The van der Waals surface area contributed by atoms with E-state index in [1.807, 2.05) is 52.0 Å². The van der Waals surface area contributed by atoms with Crippen molar-refractivity contribution in [3.05, 3.63) is 54.1 Å². The van der Waals surface area contributed by atoms with Gasteiger partial charge in [0, 0.05) is 6.20 Å². The van der Waals surface area contributed by atoms with Gasteiger partial charge >= 0.3 is 0 Å². The third kappa shape index (κ3) is 3.34. The molecule has 3 aromatic rings. The first-order valence-electron chi connectivity index (χ1n) is 7.69. The molecule has 3 rings (SSSR count). The van der Waals surface area contributed by atoms with E-state index in [2.05, 4.69) is 20.7 Å². The van der Waals surface area contributed by atoms with Crippen LogP contribution in [0.25, 0.3) is 5.69 Å². The summed E-state index contributed by atoms with van der Waals surface area (Å²) in [6.45, 7) is 8.14. The third-order valence-corrected chi connectivity index (χ3v) is 3.55. The Bertz CT molecular complexity index is 854. The van der Waals surface area contributed by atoms with Crippen molar-refractivity contribution in [3.63, 3.8) is 0 Å². The Balaban J connectivity index is 1.74. The number of nitrogens with zero attached hydrogens (tertiary/aromatic N) is 5. The number of carbonyl (C=O) groups is 1. The molecule has 0 saturated heterocycles. The largest absolute Gasteiger partial charge is 0.318 e. The smallest absolute Gasteiger partial charge is 0.277 e. The first-order chi connectivity index (χ1) is 11.3. The molecule has 2 aromatic heterocycles. The van der Waals surface area contributed by atoms with E-state index in [9.17, 15) is 4.79 Å². The second-order valence-electron chi connectivity index (χ2n) is 6.68. The molecular formula is C17H20N6O. The zero-order valence-corrected chi connectivity index (χ0v) is 14.2. The van der Waals surface area contributed by atoms with Gasteiger partial charge in [0.2, 0.25) is 0 Å². The summed E-state index contributed by atoms with van der Waals surface area (Å²) in [5.41, 5.74) is 2.75. The Hall–Kier alpha value is -2.96. The van der Waals surface area contributed by atoms with E-state index in [0.29, 0.717) is 5.69 Å². The standard InChI is InChI=1S/C17H20N6O/c1-12-5-7-14(8-6-12)22-11-15(20-21-22)16(24)19-13-9-18-23(10-13)17(2,3)4/h5-11H,1-4H3,(H,19,24). The number of rotatable bonds is 3. The maximum absolute atomic E-state index is 12.3. The molecule has 2 heterocycles. The van der Waals surface area contributed by atoms with Gasteiger partial charge in [0.05, 0.1) is 29.3 Å². The minimum Gasteiger partial charge on any atom is -0.318 e. The number of aryl methyl sites for hydroxylation is 1. The van der Waals surface area contributed by atoms with E-state index in [1.54, 1.807) is 28.0 Å². The molecule has 0 spiro atoms. The summed E-state index contributed by atoms with van der Waals surface area (Å²) in [7, 11) is 0. The Morgan fingerprint density at radius 1 is 1.12 bits per heavy atom. The van der Waals surface area contributed by atoms with Gasteiger partial charge in [-0.3, -0.25) is 9.48 Å². The second-order valence-corrected chi connectivity index (χ2v) is 6.68. The van der Waals surface area contributed by atoms with Crippen LogP contribution in [0.3, 0.4) is 0 Å². The highest BCUT2D eigenvalue weighted by Crippen LogP contribution is 2.16. The third-order valence-electron chi connectivity index (χ3n) is 3.55. The van der Waals surface area contributed by atoms with Gasteiger partial charge in [-0.05, 0) is 39.8 Å². The first-order valence-corrected chi connectivity index (χ1v) is 7.69. The van der Waals surface area contributed by atoms with E-state index >= 15 is 0 Å². The van der Waals surface area contributed by atoms with Gasteiger partial charge in [-0.25, -0.2) is 4.68 Å². The monoisotopic (exact) mass is 324 g/mol. The van der Waals surface area contributed by atoms with Crippen LogP contribution in [0.4, 0.5) is 5.69 Å². The summed E-state index contributed by atoms with van der Waals surface area (Å²) >= 11 is 0. The number of hydrogen-bond donors (Lipinski definition) is 1. The van der Waals surface area contributed by atoms with Gasteiger partial charge < -0.3 is 5.32 Å². The maximum atomic E-state index is 12.3. The number of amides is 1. The number of anilines is 1.